The summed E-state index contributed by atoms with van der Waals surface area (Å²) in [6.07, 6.45) is 0.107. The molecule has 7 nitrogen and oxygen atoms in total. The Morgan fingerprint density at radius 1 is 1.07 bits per heavy atom. The summed E-state index contributed by atoms with van der Waals surface area (Å²) >= 11 is 0. The van der Waals surface area contributed by atoms with Gasteiger partial charge in [-0.15, -0.1) is 0 Å². The number of aliphatic hydroxyl groups is 1. The number of aliphatic hydroxyl groups excluding tert-OH is 1. The van der Waals surface area contributed by atoms with Crippen LogP contribution in [0.3, 0.4) is 0 Å². The maximum Gasteiger partial charge on any atom is 0.191 e. The van der Waals surface area contributed by atoms with E-state index >= 15 is 0 Å². The number of benzene rings is 2. The molecule has 1 unspecified atom stereocenters. The molecular weight excluding hydrogens is 382 g/mol. The summed E-state index contributed by atoms with van der Waals surface area (Å²) in [5.41, 5.74) is 2.25. The lowest BCUT2D eigenvalue weighted by Crippen LogP contribution is -2.39. The first-order valence-electron chi connectivity index (χ1n) is 10.2. The first-order valence-corrected chi connectivity index (χ1v) is 10.2. The topological polar surface area (TPSA) is 84.3 Å². The predicted octanol–water partition coefficient (Wildman–Crippen LogP) is 2.55. The molecule has 2 aromatic rings. The van der Waals surface area contributed by atoms with E-state index in [0.717, 1.165) is 29.8 Å². The molecule has 0 bridgehead atoms. The summed E-state index contributed by atoms with van der Waals surface area (Å²) in [6, 6.07) is 13.6. The highest BCUT2D eigenvalue weighted by molar-refractivity contribution is 5.79. The van der Waals surface area contributed by atoms with Crippen molar-refractivity contribution in [2.75, 3.05) is 40.5 Å². The summed E-state index contributed by atoms with van der Waals surface area (Å²) in [5.74, 6) is 2.84. The second-order valence-electron chi connectivity index (χ2n) is 6.87. The minimum atomic E-state index is -0.688. The zero-order valence-electron chi connectivity index (χ0n) is 18.3. The monoisotopic (exact) mass is 415 g/mol. The molecule has 2 aromatic carbocycles. The van der Waals surface area contributed by atoms with Gasteiger partial charge in [-0.1, -0.05) is 18.2 Å². The van der Waals surface area contributed by atoms with Gasteiger partial charge in [0, 0.05) is 13.1 Å². The van der Waals surface area contributed by atoms with Crippen molar-refractivity contribution in [3.63, 3.8) is 0 Å². The van der Waals surface area contributed by atoms with Gasteiger partial charge in [-0.25, -0.2) is 0 Å². The van der Waals surface area contributed by atoms with Crippen LogP contribution >= 0.6 is 0 Å². The standard InChI is InChI=1S/C23H33N3O4/c1-5-24-23(25-12-11-18-9-10-21(28-3)22(14-18)29-4)26-15-19(27)16-30-20-8-6-7-17(2)13-20/h6-10,13-14,19,27H,5,11-12,15-16H2,1-4H3,(H2,24,25,26). The molecule has 0 fully saturated rings. The van der Waals surface area contributed by atoms with Gasteiger partial charge in [-0.05, 0) is 55.7 Å². The first-order chi connectivity index (χ1) is 14.5. The van der Waals surface area contributed by atoms with Crippen molar-refractivity contribution in [1.29, 1.82) is 0 Å². The average Bonchev–Trinajstić information content (AvgIpc) is 2.76. The van der Waals surface area contributed by atoms with Crippen LogP contribution in [0.15, 0.2) is 47.5 Å². The van der Waals surface area contributed by atoms with Gasteiger partial charge in [-0.3, -0.25) is 4.99 Å². The number of hydrogen-bond donors (Lipinski definition) is 3. The van der Waals surface area contributed by atoms with Gasteiger partial charge in [-0.2, -0.15) is 0 Å². The Hall–Kier alpha value is -2.93. The molecule has 0 saturated heterocycles. The summed E-state index contributed by atoms with van der Waals surface area (Å²) < 4.78 is 16.3. The van der Waals surface area contributed by atoms with E-state index in [2.05, 4.69) is 15.6 Å². The lowest BCUT2D eigenvalue weighted by atomic mass is 10.1. The number of rotatable bonds is 11. The molecule has 0 aliphatic carbocycles. The fraction of sp³-hybridized carbons (Fsp3) is 0.435. The minimum absolute atomic E-state index is 0.192. The number of nitrogens with one attached hydrogen (secondary N) is 2. The molecule has 164 valence electrons. The van der Waals surface area contributed by atoms with Crippen LogP contribution in [0.25, 0.3) is 0 Å². The fourth-order valence-corrected chi connectivity index (χ4v) is 2.85. The van der Waals surface area contributed by atoms with Crippen LogP contribution in [-0.2, 0) is 6.42 Å². The van der Waals surface area contributed by atoms with Crippen molar-refractivity contribution in [3.05, 3.63) is 53.6 Å². The molecule has 30 heavy (non-hydrogen) atoms. The van der Waals surface area contributed by atoms with Crippen LogP contribution in [0.4, 0.5) is 0 Å². The molecule has 0 aromatic heterocycles. The number of hydrogen-bond acceptors (Lipinski definition) is 5. The van der Waals surface area contributed by atoms with Gasteiger partial charge >= 0.3 is 0 Å². The maximum atomic E-state index is 10.2. The Labute approximate surface area is 179 Å². The zero-order chi connectivity index (χ0) is 21.8. The fourth-order valence-electron chi connectivity index (χ4n) is 2.85. The maximum absolute atomic E-state index is 10.2. The Morgan fingerprint density at radius 3 is 2.57 bits per heavy atom. The van der Waals surface area contributed by atoms with E-state index < -0.39 is 6.10 Å². The van der Waals surface area contributed by atoms with Gasteiger partial charge in [0.2, 0.25) is 0 Å². The van der Waals surface area contributed by atoms with Crippen molar-refractivity contribution in [3.8, 4) is 17.2 Å². The van der Waals surface area contributed by atoms with E-state index in [9.17, 15) is 5.11 Å². The van der Waals surface area contributed by atoms with E-state index in [4.69, 9.17) is 14.2 Å². The van der Waals surface area contributed by atoms with Crippen LogP contribution in [0.5, 0.6) is 17.2 Å². The second-order valence-corrected chi connectivity index (χ2v) is 6.87. The third-order valence-electron chi connectivity index (χ3n) is 4.39. The molecule has 2 rings (SSSR count). The normalized spacial score (nSPS) is 12.2. The van der Waals surface area contributed by atoms with Gasteiger partial charge in [0.05, 0.1) is 20.8 Å². The summed E-state index contributed by atoms with van der Waals surface area (Å²) in [7, 11) is 3.25. The molecule has 0 radical (unpaired) electrons. The van der Waals surface area contributed by atoms with Crippen LogP contribution < -0.4 is 24.8 Å². The van der Waals surface area contributed by atoms with Crippen molar-refractivity contribution in [1.82, 2.24) is 10.6 Å². The number of aliphatic imine (C=N–C) groups is 1. The van der Waals surface area contributed by atoms with Crippen molar-refractivity contribution >= 4 is 5.96 Å². The number of methoxy groups -OCH3 is 2. The van der Waals surface area contributed by atoms with E-state index in [1.165, 1.54) is 0 Å². The summed E-state index contributed by atoms with van der Waals surface area (Å²) in [4.78, 5) is 4.46. The van der Waals surface area contributed by atoms with Gasteiger partial charge in [0.1, 0.15) is 18.5 Å². The minimum Gasteiger partial charge on any atom is -0.493 e. The Kier molecular flexibility index (Phi) is 9.80. The number of aryl methyl sites for hydroxylation is 1. The largest absolute Gasteiger partial charge is 0.493 e. The van der Waals surface area contributed by atoms with E-state index in [1.807, 2.05) is 56.3 Å². The summed E-state index contributed by atoms with van der Waals surface area (Å²) in [6.45, 7) is 5.87. The third kappa shape index (κ3) is 7.83. The highest BCUT2D eigenvalue weighted by atomic mass is 16.5. The first kappa shape index (κ1) is 23.3. The lowest BCUT2D eigenvalue weighted by molar-refractivity contribution is 0.114. The molecular formula is C23H33N3O4. The van der Waals surface area contributed by atoms with Crippen LogP contribution in [0.2, 0.25) is 0 Å². The molecule has 0 spiro atoms. The number of nitrogens with zero attached hydrogens (tertiary/aromatic N) is 1. The Balaban J connectivity index is 1.82. The van der Waals surface area contributed by atoms with Crippen LogP contribution in [0, 0.1) is 6.92 Å². The Morgan fingerprint density at radius 2 is 1.87 bits per heavy atom. The highest BCUT2D eigenvalue weighted by Crippen LogP contribution is 2.27. The molecule has 3 N–H and O–H groups in total. The molecule has 0 amide bonds. The van der Waals surface area contributed by atoms with Crippen molar-refractivity contribution in [2.24, 2.45) is 4.99 Å². The second kappa shape index (κ2) is 12.6. The average molecular weight is 416 g/mol. The molecule has 0 aliphatic heterocycles. The quantitative estimate of drug-likeness (QED) is 0.386. The van der Waals surface area contributed by atoms with Crippen molar-refractivity contribution in [2.45, 2.75) is 26.4 Å². The van der Waals surface area contributed by atoms with Crippen molar-refractivity contribution < 1.29 is 19.3 Å². The molecule has 7 heteroatoms. The Bertz CT molecular complexity index is 811. The van der Waals surface area contributed by atoms with E-state index in [-0.39, 0.29) is 13.2 Å². The SMILES string of the molecule is CCNC(=NCC(O)COc1cccc(C)c1)NCCc1ccc(OC)c(OC)c1. The lowest BCUT2D eigenvalue weighted by Gasteiger charge is -2.14. The van der Waals surface area contributed by atoms with Gasteiger partial charge < -0.3 is 30.0 Å². The van der Waals surface area contributed by atoms with Crippen LogP contribution in [-0.4, -0.2) is 57.6 Å². The number of guanidine groups is 1. The third-order valence-corrected chi connectivity index (χ3v) is 4.39. The zero-order valence-corrected chi connectivity index (χ0v) is 18.3. The van der Waals surface area contributed by atoms with Gasteiger partial charge in [0.25, 0.3) is 0 Å². The smallest absolute Gasteiger partial charge is 0.191 e. The number of ether oxygens (including phenoxy) is 3. The summed E-state index contributed by atoms with van der Waals surface area (Å²) in [5, 5.41) is 16.7. The predicted molar refractivity (Wildman–Crippen MR) is 120 cm³/mol. The molecule has 0 saturated carbocycles. The van der Waals surface area contributed by atoms with Gasteiger partial charge in [0.15, 0.2) is 17.5 Å². The molecule has 0 aliphatic rings. The highest BCUT2D eigenvalue weighted by Gasteiger charge is 2.07. The molecule has 0 heterocycles. The van der Waals surface area contributed by atoms with E-state index in [0.29, 0.717) is 24.0 Å². The molecule has 1 atom stereocenters. The van der Waals surface area contributed by atoms with E-state index in [1.54, 1.807) is 14.2 Å². The van der Waals surface area contributed by atoms with Crippen LogP contribution in [0.1, 0.15) is 18.1 Å².